The number of piperazine rings is 1. The van der Waals surface area contributed by atoms with Crippen molar-refractivity contribution in [1.82, 2.24) is 14.8 Å². The van der Waals surface area contributed by atoms with Gasteiger partial charge in [-0.15, -0.1) is 11.3 Å². The van der Waals surface area contributed by atoms with E-state index in [1.807, 2.05) is 37.3 Å². The van der Waals surface area contributed by atoms with Crippen LogP contribution in [-0.4, -0.2) is 59.3 Å². The lowest BCUT2D eigenvalue weighted by Gasteiger charge is -2.33. The molecule has 1 saturated heterocycles. The van der Waals surface area contributed by atoms with E-state index in [0.717, 1.165) is 27.5 Å². The first kappa shape index (κ1) is 22.3. The van der Waals surface area contributed by atoms with Gasteiger partial charge in [0.2, 0.25) is 5.91 Å². The van der Waals surface area contributed by atoms with Crippen LogP contribution in [0.5, 0.6) is 0 Å². The van der Waals surface area contributed by atoms with Gasteiger partial charge in [-0.25, -0.2) is 4.98 Å². The Hall–Kier alpha value is -3.49. The molecule has 0 bridgehead atoms. The van der Waals surface area contributed by atoms with E-state index in [4.69, 9.17) is 9.40 Å². The Morgan fingerprint density at radius 1 is 1.00 bits per heavy atom. The molecule has 5 rings (SSSR count). The van der Waals surface area contributed by atoms with Crippen LogP contribution >= 0.6 is 11.3 Å². The Bertz CT molecular complexity index is 1330. The minimum Gasteiger partial charge on any atom is -0.456 e. The molecule has 2 amide bonds. The number of carbonyl (C=O) groups is 2. The maximum absolute atomic E-state index is 12.6. The van der Waals surface area contributed by atoms with Crippen molar-refractivity contribution in [3.05, 3.63) is 71.7 Å². The SMILES string of the molecule is Cc1ccc2nc(-c3ccc(NC(=O)CN4CCN(C(=O)c5ccc(C)o5)CC4)cc3)sc2c1. The molecule has 4 aromatic rings. The van der Waals surface area contributed by atoms with Crippen LogP contribution in [0.25, 0.3) is 20.8 Å². The summed E-state index contributed by atoms with van der Waals surface area (Å²) in [7, 11) is 0. The third kappa shape index (κ3) is 4.88. The van der Waals surface area contributed by atoms with Crippen molar-refractivity contribution in [2.45, 2.75) is 13.8 Å². The third-order valence-corrected chi connectivity index (χ3v) is 7.00. The van der Waals surface area contributed by atoms with Gasteiger partial charge in [-0.05, 0) is 67.9 Å². The molecule has 34 heavy (non-hydrogen) atoms. The van der Waals surface area contributed by atoms with E-state index in [0.29, 0.717) is 38.5 Å². The van der Waals surface area contributed by atoms with Gasteiger partial charge in [-0.2, -0.15) is 0 Å². The second-order valence-electron chi connectivity index (χ2n) is 8.59. The largest absolute Gasteiger partial charge is 0.456 e. The predicted octanol–water partition coefficient (Wildman–Crippen LogP) is 4.57. The van der Waals surface area contributed by atoms with E-state index in [2.05, 4.69) is 29.3 Å². The number of rotatable bonds is 5. The van der Waals surface area contributed by atoms with Crippen molar-refractivity contribution in [2.24, 2.45) is 0 Å². The molecule has 0 unspecified atom stereocenters. The van der Waals surface area contributed by atoms with Crippen molar-refractivity contribution in [2.75, 3.05) is 38.0 Å². The lowest BCUT2D eigenvalue weighted by Crippen LogP contribution is -2.50. The van der Waals surface area contributed by atoms with E-state index in [1.54, 1.807) is 28.4 Å². The number of hydrogen-bond donors (Lipinski definition) is 1. The fourth-order valence-electron chi connectivity index (χ4n) is 4.07. The first-order valence-electron chi connectivity index (χ1n) is 11.3. The molecule has 0 spiro atoms. The molecular weight excluding hydrogens is 448 g/mol. The monoisotopic (exact) mass is 474 g/mol. The molecule has 1 aliphatic heterocycles. The summed E-state index contributed by atoms with van der Waals surface area (Å²) in [5.41, 5.74) is 4.02. The van der Waals surface area contributed by atoms with Crippen LogP contribution in [0.3, 0.4) is 0 Å². The summed E-state index contributed by atoms with van der Waals surface area (Å²) in [6, 6.07) is 17.6. The smallest absolute Gasteiger partial charge is 0.289 e. The van der Waals surface area contributed by atoms with Gasteiger partial charge in [0.1, 0.15) is 10.8 Å². The van der Waals surface area contributed by atoms with Crippen LogP contribution < -0.4 is 5.32 Å². The number of aromatic nitrogens is 1. The van der Waals surface area contributed by atoms with Crippen LogP contribution in [0.2, 0.25) is 0 Å². The number of fused-ring (bicyclic) bond motifs is 1. The van der Waals surface area contributed by atoms with Gasteiger partial charge in [0.25, 0.3) is 5.91 Å². The number of nitrogens with zero attached hydrogens (tertiary/aromatic N) is 3. The van der Waals surface area contributed by atoms with Crippen molar-refractivity contribution >= 4 is 39.1 Å². The summed E-state index contributed by atoms with van der Waals surface area (Å²) in [6.45, 7) is 6.63. The summed E-state index contributed by atoms with van der Waals surface area (Å²) in [4.78, 5) is 33.6. The molecular formula is C26H26N4O3S. The van der Waals surface area contributed by atoms with Crippen LogP contribution in [0.1, 0.15) is 21.9 Å². The maximum atomic E-state index is 12.6. The maximum Gasteiger partial charge on any atom is 0.289 e. The molecule has 1 aliphatic rings. The third-order valence-electron chi connectivity index (χ3n) is 5.94. The Balaban J connectivity index is 1.13. The molecule has 8 heteroatoms. The molecule has 0 atom stereocenters. The van der Waals surface area contributed by atoms with E-state index in [1.165, 1.54) is 10.3 Å². The normalized spacial score (nSPS) is 14.5. The highest BCUT2D eigenvalue weighted by Gasteiger charge is 2.25. The lowest BCUT2D eigenvalue weighted by atomic mass is 10.2. The van der Waals surface area contributed by atoms with Gasteiger partial charge in [-0.3, -0.25) is 14.5 Å². The van der Waals surface area contributed by atoms with E-state index in [9.17, 15) is 9.59 Å². The van der Waals surface area contributed by atoms with Gasteiger partial charge >= 0.3 is 0 Å². The van der Waals surface area contributed by atoms with Gasteiger partial charge in [0.15, 0.2) is 5.76 Å². The summed E-state index contributed by atoms with van der Waals surface area (Å²) in [6.07, 6.45) is 0. The Morgan fingerprint density at radius 3 is 2.47 bits per heavy atom. The van der Waals surface area contributed by atoms with E-state index < -0.39 is 0 Å². The lowest BCUT2D eigenvalue weighted by molar-refractivity contribution is -0.117. The van der Waals surface area contributed by atoms with E-state index in [-0.39, 0.29) is 11.8 Å². The molecule has 0 radical (unpaired) electrons. The number of hydrogen-bond acceptors (Lipinski definition) is 6. The van der Waals surface area contributed by atoms with Crippen molar-refractivity contribution in [3.8, 4) is 10.6 Å². The molecule has 0 aliphatic carbocycles. The highest BCUT2D eigenvalue weighted by atomic mass is 32.1. The fourth-order valence-corrected chi connectivity index (χ4v) is 5.14. The highest BCUT2D eigenvalue weighted by molar-refractivity contribution is 7.21. The second-order valence-corrected chi connectivity index (χ2v) is 9.63. The summed E-state index contributed by atoms with van der Waals surface area (Å²) < 4.78 is 6.62. The van der Waals surface area contributed by atoms with Crippen molar-refractivity contribution < 1.29 is 14.0 Å². The van der Waals surface area contributed by atoms with Gasteiger partial charge in [0, 0.05) is 37.4 Å². The quantitative estimate of drug-likeness (QED) is 0.458. The van der Waals surface area contributed by atoms with Gasteiger partial charge < -0.3 is 14.6 Å². The number of nitrogens with one attached hydrogen (secondary N) is 1. The topological polar surface area (TPSA) is 78.7 Å². The Kier molecular flexibility index (Phi) is 6.17. The first-order valence-corrected chi connectivity index (χ1v) is 12.1. The highest BCUT2D eigenvalue weighted by Crippen LogP contribution is 2.31. The number of carbonyl (C=O) groups excluding carboxylic acids is 2. The average Bonchev–Trinajstić information content (AvgIpc) is 3.45. The number of amides is 2. The Morgan fingerprint density at radius 2 is 1.76 bits per heavy atom. The molecule has 174 valence electrons. The number of furan rings is 1. The minimum absolute atomic E-state index is 0.0651. The zero-order valence-corrected chi connectivity index (χ0v) is 20.0. The first-order chi connectivity index (χ1) is 16.4. The molecule has 1 fully saturated rings. The number of thiazole rings is 1. The minimum atomic E-state index is -0.0967. The summed E-state index contributed by atoms with van der Waals surface area (Å²) in [5.74, 6) is 0.931. The van der Waals surface area contributed by atoms with Crippen molar-refractivity contribution in [3.63, 3.8) is 0 Å². The number of anilines is 1. The molecule has 2 aromatic heterocycles. The van der Waals surface area contributed by atoms with Gasteiger partial charge in [-0.1, -0.05) is 6.07 Å². The number of benzene rings is 2. The average molecular weight is 475 g/mol. The van der Waals surface area contributed by atoms with Crippen LogP contribution in [0.4, 0.5) is 5.69 Å². The zero-order chi connectivity index (χ0) is 23.7. The van der Waals surface area contributed by atoms with Crippen LogP contribution in [-0.2, 0) is 4.79 Å². The standard InChI is InChI=1S/C26H26N4O3S/c1-17-3-9-21-23(15-17)34-25(28-21)19-5-7-20(8-6-19)27-24(31)16-29-11-13-30(14-12-29)26(32)22-10-4-18(2)33-22/h3-10,15H,11-14,16H2,1-2H3,(H,27,31). The van der Waals surface area contributed by atoms with Gasteiger partial charge in [0.05, 0.1) is 16.8 Å². The zero-order valence-electron chi connectivity index (χ0n) is 19.2. The molecule has 2 aromatic carbocycles. The number of aryl methyl sites for hydroxylation is 2. The molecule has 7 nitrogen and oxygen atoms in total. The predicted molar refractivity (Wildman–Crippen MR) is 134 cm³/mol. The summed E-state index contributed by atoms with van der Waals surface area (Å²) >= 11 is 1.67. The summed E-state index contributed by atoms with van der Waals surface area (Å²) in [5, 5.41) is 3.94. The second kappa shape index (κ2) is 9.40. The fraction of sp³-hybridized carbons (Fsp3) is 0.269. The Labute approximate surface area is 202 Å². The van der Waals surface area contributed by atoms with Crippen molar-refractivity contribution in [1.29, 1.82) is 0 Å². The van der Waals surface area contributed by atoms with Crippen LogP contribution in [0.15, 0.2) is 59.0 Å². The van der Waals surface area contributed by atoms with E-state index >= 15 is 0 Å². The molecule has 0 saturated carbocycles. The van der Waals surface area contributed by atoms with Crippen LogP contribution in [0, 0.1) is 13.8 Å². The molecule has 1 N–H and O–H groups in total. The molecule has 3 heterocycles.